The van der Waals surface area contributed by atoms with Gasteiger partial charge in [-0.15, -0.1) is 0 Å². The van der Waals surface area contributed by atoms with Gasteiger partial charge in [-0.2, -0.15) is 0 Å². The van der Waals surface area contributed by atoms with Crippen LogP contribution in [0.5, 0.6) is 0 Å². The van der Waals surface area contributed by atoms with E-state index in [0.717, 1.165) is 12.7 Å². The molecule has 0 atom stereocenters. The summed E-state index contributed by atoms with van der Waals surface area (Å²) in [6, 6.07) is 6.00. The fourth-order valence-electron chi connectivity index (χ4n) is 2.60. The molecule has 1 rings (SSSR count). The molecule has 0 saturated heterocycles. The molecule has 4 nitrogen and oxygen atoms in total. The Morgan fingerprint density at radius 3 is 1.90 bits per heavy atom. The fourth-order valence-corrected chi connectivity index (χ4v) is 3.23. The van der Waals surface area contributed by atoms with Crippen molar-refractivity contribution in [2.24, 2.45) is 5.41 Å². The number of rotatable bonds is 4. The third-order valence-corrected chi connectivity index (χ3v) is 4.10. The molecule has 0 aromatic heterocycles. The normalized spacial score (nSPS) is 13.0. The van der Waals surface area contributed by atoms with Crippen molar-refractivity contribution in [2.45, 2.75) is 51.5 Å². The summed E-state index contributed by atoms with van der Waals surface area (Å²) in [5, 5.41) is 3.00. The summed E-state index contributed by atoms with van der Waals surface area (Å²) in [5.41, 5.74) is 0.242. The van der Waals surface area contributed by atoms with Gasteiger partial charge in [-0.3, -0.25) is 4.79 Å². The van der Waals surface area contributed by atoms with Crippen LogP contribution in [-0.2, 0) is 9.84 Å². The van der Waals surface area contributed by atoms with Crippen LogP contribution in [0.15, 0.2) is 29.2 Å². The maximum atomic E-state index is 12.2. The molecule has 0 aliphatic rings. The van der Waals surface area contributed by atoms with E-state index < -0.39 is 9.84 Å². The Morgan fingerprint density at radius 2 is 1.52 bits per heavy atom. The summed E-state index contributed by atoms with van der Waals surface area (Å²) < 4.78 is 22.8. The maximum Gasteiger partial charge on any atom is 0.251 e. The van der Waals surface area contributed by atoms with Gasteiger partial charge in [-0.1, -0.05) is 20.8 Å². The molecule has 0 aliphatic heterocycles. The number of hydrogen-bond acceptors (Lipinski definition) is 3. The molecule has 1 amide bonds. The van der Waals surface area contributed by atoms with Crippen LogP contribution in [0.3, 0.4) is 0 Å². The highest BCUT2D eigenvalue weighted by atomic mass is 32.2. The number of sulfone groups is 1. The van der Waals surface area contributed by atoms with Gasteiger partial charge in [0, 0.05) is 17.4 Å². The minimum atomic E-state index is -3.24. The lowest BCUT2D eigenvalue weighted by molar-refractivity contribution is 0.0891. The lowest BCUT2D eigenvalue weighted by atomic mass is 9.81. The number of hydrogen-bond donors (Lipinski definition) is 1. The molecule has 0 fully saturated rings. The second-order valence-electron chi connectivity index (χ2n) is 7.37. The van der Waals surface area contributed by atoms with Crippen molar-refractivity contribution < 1.29 is 13.2 Å². The standard InChI is InChI=1S/C16H25NO3S/c1-15(2,3)11-16(4,5)17-14(18)12-7-9-13(10-8-12)21(6,19)20/h7-10H,11H2,1-6H3,(H,17,18). The van der Waals surface area contributed by atoms with Crippen LogP contribution in [0.1, 0.15) is 51.4 Å². The van der Waals surface area contributed by atoms with Gasteiger partial charge in [0.25, 0.3) is 5.91 Å². The summed E-state index contributed by atoms with van der Waals surface area (Å²) in [6.45, 7) is 10.4. The van der Waals surface area contributed by atoms with Gasteiger partial charge in [0.15, 0.2) is 9.84 Å². The molecule has 0 unspecified atom stereocenters. The third kappa shape index (κ3) is 5.87. The number of benzene rings is 1. The zero-order chi connectivity index (χ0) is 16.5. The van der Waals surface area contributed by atoms with E-state index in [2.05, 4.69) is 26.1 Å². The van der Waals surface area contributed by atoms with Crippen molar-refractivity contribution >= 4 is 15.7 Å². The fraction of sp³-hybridized carbons (Fsp3) is 0.562. The summed E-state index contributed by atoms with van der Waals surface area (Å²) in [5.74, 6) is -0.190. The zero-order valence-corrected chi connectivity index (χ0v) is 14.5. The molecule has 5 heteroatoms. The molecule has 118 valence electrons. The summed E-state index contributed by atoms with van der Waals surface area (Å²) >= 11 is 0. The average Bonchev–Trinajstić information content (AvgIpc) is 2.23. The molecule has 0 bridgehead atoms. The molecule has 0 spiro atoms. The lowest BCUT2D eigenvalue weighted by Gasteiger charge is -2.33. The summed E-state index contributed by atoms with van der Waals surface area (Å²) in [7, 11) is -3.24. The summed E-state index contributed by atoms with van der Waals surface area (Å²) in [6.07, 6.45) is 1.99. The van der Waals surface area contributed by atoms with Crippen molar-refractivity contribution in [3.63, 3.8) is 0 Å². The second-order valence-corrected chi connectivity index (χ2v) is 9.39. The third-order valence-electron chi connectivity index (χ3n) is 2.97. The minimum absolute atomic E-state index is 0.108. The van der Waals surface area contributed by atoms with Gasteiger partial charge in [0.05, 0.1) is 4.90 Å². The Labute approximate surface area is 127 Å². The molecular formula is C16H25NO3S. The highest BCUT2D eigenvalue weighted by Gasteiger charge is 2.27. The smallest absolute Gasteiger partial charge is 0.251 e. The molecular weight excluding hydrogens is 286 g/mol. The highest BCUT2D eigenvalue weighted by Crippen LogP contribution is 2.27. The quantitative estimate of drug-likeness (QED) is 0.929. The highest BCUT2D eigenvalue weighted by molar-refractivity contribution is 7.90. The molecule has 1 N–H and O–H groups in total. The Kier molecular flexibility index (Phi) is 4.88. The first-order valence-electron chi connectivity index (χ1n) is 6.93. The second kappa shape index (κ2) is 5.79. The number of amides is 1. The van der Waals surface area contributed by atoms with E-state index in [1.165, 1.54) is 12.1 Å². The van der Waals surface area contributed by atoms with Crippen molar-refractivity contribution in [1.82, 2.24) is 5.32 Å². The average molecular weight is 311 g/mol. The molecule has 21 heavy (non-hydrogen) atoms. The zero-order valence-electron chi connectivity index (χ0n) is 13.6. The topological polar surface area (TPSA) is 63.2 Å². The van der Waals surface area contributed by atoms with Crippen LogP contribution >= 0.6 is 0 Å². The first kappa shape index (κ1) is 17.7. The molecule has 1 aromatic carbocycles. The van der Waals surface area contributed by atoms with E-state index in [9.17, 15) is 13.2 Å². The van der Waals surface area contributed by atoms with Crippen molar-refractivity contribution in [3.05, 3.63) is 29.8 Å². The number of carbonyl (C=O) groups is 1. The van der Waals surface area contributed by atoms with Crippen molar-refractivity contribution in [2.75, 3.05) is 6.26 Å². The van der Waals surface area contributed by atoms with E-state index in [-0.39, 0.29) is 21.8 Å². The van der Waals surface area contributed by atoms with Gasteiger partial charge >= 0.3 is 0 Å². The van der Waals surface area contributed by atoms with Crippen LogP contribution in [-0.4, -0.2) is 26.1 Å². The van der Waals surface area contributed by atoms with Crippen LogP contribution in [0.25, 0.3) is 0 Å². The monoisotopic (exact) mass is 311 g/mol. The Hall–Kier alpha value is -1.36. The van der Waals surface area contributed by atoms with Crippen LogP contribution < -0.4 is 5.32 Å². The van der Waals surface area contributed by atoms with Gasteiger partial charge in [-0.25, -0.2) is 8.42 Å². The van der Waals surface area contributed by atoms with Gasteiger partial charge in [0.1, 0.15) is 0 Å². The predicted molar refractivity (Wildman–Crippen MR) is 85.2 cm³/mol. The van der Waals surface area contributed by atoms with Crippen LogP contribution in [0.4, 0.5) is 0 Å². The van der Waals surface area contributed by atoms with Crippen molar-refractivity contribution in [1.29, 1.82) is 0 Å². The number of carbonyl (C=O) groups excluding carboxylic acids is 1. The van der Waals surface area contributed by atoms with Crippen molar-refractivity contribution in [3.8, 4) is 0 Å². The van der Waals surface area contributed by atoms with Crippen LogP contribution in [0, 0.1) is 5.41 Å². The molecule has 0 heterocycles. The summed E-state index contributed by atoms with van der Waals surface area (Å²) in [4.78, 5) is 12.5. The SMILES string of the molecule is CC(C)(C)CC(C)(C)NC(=O)c1ccc(S(C)(=O)=O)cc1. The maximum absolute atomic E-state index is 12.2. The first-order valence-corrected chi connectivity index (χ1v) is 8.82. The molecule has 0 saturated carbocycles. The predicted octanol–water partition coefficient (Wildman–Crippen LogP) is 3.03. The van der Waals surface area contributed by atoms with E-state index in [4.69, 9.17) is 0 Å². The Morgan fingerprint density at radius 1 is 1.05 bits per heavy atom. The van der Waals surface area contributed by atoms with Gasteiger partial charge < -0.3 is 5.32 Å². The Bertz CT molecular complexity index is 608. The minimum Gasteiger partial charge on any atom is -0.347 e. The first-order chi connectivity index (χ1) is 9.30. The van der Waals surface area contributed by atoms with E-state index in [1.807, 2.05) is 13.8 Å². The lowest BCUT2D eigenvalue weighted by Crippen LogP contribution is -2.45. The molecule has 0 aliphatic carbocycles. The molecule has 0 radical (unpaired) electrons. The van der Waals surface area contributed by atoms with E-state index >= 15 is 0 Å². The number of nitrogens with one attached hydrogen (secondary N) is 1. The van der Waals surface area contributed by atoms with Gasteiger partial charge in [-0.05, 0) is 49.9 Å². The van der Waals surface area contributed by atoms with Gasteiger partial charge in [0.2, 0.25) is 0 Å². The van der Waals surface area contributed by atoms with E-state index in [1.54, 1.807) is 12.1 Å². The molecule has 1 aromatic rings. The van der Waals surface area contributed by atoms with E-state index in [0.29, 0.717) is 5.56 Å². The Balaban J connectivity index is 2.85. The van der Waals surface area contributed by atoms with Crippen LogP contribution in [0.2, 0.25) is 0 Å². The largest absolute Gasteiger partial charge is 0.347 e.